The van der Waals surface area contributed by atoms with Crippen LogP contribution in [-0.4, -0.2) is 46.3 Å². The molecule has 0 aliphatic carbocycles. The molecular formula is C17H19N7O4S. The Morgan fingerprint density at radius 2 is 1.90 bits per heavy atom. The van der Waals surface area contributed by atoms with Gasteiger partial charge in [0, 0.05) is 5.56 Å². The molecule has 12 heteroatoms. The molecule has 1 amide bonds. The zero-order chi connectivity index (χ0) is 21.2. The molecule has 3 rings (SSSR count). The first-order valence-electron chi connectivity index (χ1n) is 8.53. The first-order valence-corrected chi connectivity index (χ1v) is 10.1. The fraction of sp³-hybridized carbons (Fsp3) is 0.235. The number of anilines is 2. The summed E-state index contributed by atoms with van der Waals surface area (Å²) in [4.78, 5) is 20.0. The molecule has 0 saturated carbocycles. The summed E-state index contributed by atoms with van der Waals surface area (Å²) in [5.41, 5.74) is 12.3. The van der Waals surface area contributed by atoms with Gasteiger partial charge < -0.3 is 15.9 Å². The van der Waals surface area contributed by atoms with Crippen molar-refractivity contribution in [1.82, 2.24) is 20.2 Å². The summed E-state index contributed by atoms with van der Waals surface area (Å²) in [5.74, 6) is -0.485. The average Bonchev–Trinajstić information content (AvgIpc) is 3.16. The van der Waals surface area contributed by atoms with Crippen molar-refractivity contribution in [3.05, 3.63) is 30.5 Å². The molecule has 152 valence electrons. The molecule has 5 N–H and O–H groups in total. The molecule has 2 heterocycles. The van der Waals surface area contributed by atoms with Gasteiger partial charge in [-0.15, -0.1) is 5.10 Å². The summed E-state index contributed by atoms with van der Waals surface area (Å²) < 4.78 is 29.8. The SMILES string of the molecule is CC(C)S(=O)(=O)c1ccc(-c2cnc(N)c(-c3nnc(NC(=O)CN)o3)n2)cc1. The highest BCUT2D eigenvalue weighted by Gasteiger charge is 2.20. The van der Waals surface area contributed by atoms with Gasteiger partial charge in [0.1, 0.15) is 0 Å². The number of benzene rings is 1. The van der Waals surface area contributed by atoms with Crippen LogP contribution in [-0.2, 0) is 14.6 Å². The van der Waals surface area contributed by atoms with E-state index in [9.17, 15) is 13.2 Å². The second-order valence-electron chi connectivity index (χ2n) is 6.27. The Kier molecular flexibility index (Phi) is 5.57. The average molecular weight is 417 g/mol. The number of nitrogens with two attached hydrogens (primary N) is 2. The molecule has 0 aliphatic rings. The van der Waals surface area contributed by atoms with Gasteiger partial charge in [-0.25, -0.2) is 18.4 Å². The zero-order valence-corrected chi connectivity index (χ0v) is 16.5. The van der Waals surface area contributed by atoms with Crippen LogP contribution in [0.2, 0.25) is 0 Å². The third kappa shape index (κ3) is 4.22. The second-order valence-corrected chi connectivity index (χ2v) is 8.78. The van der Waals surface area contributed by atoms with Gasteiger partial charge in [0.25, 0.3) is 5.89 Å². The molecule has 0 atom stereocenters. The highest BCUT2D eigenvalue weighted by Crippen LogP contribution is 2.27. The van der Waals surface area contributed by atoms with Crippen molar-refractivity contribution in [3.63, 3.8) is 0 Å². The highest BCUT2D eigenvalue weighted by atomic mass is 32.2. The van der Waals surface area contributed by atoms with E-state index in [2.05, 4.69) is 25.5 Å². The summed E-state index contributed by atoms with van der Waals surface area (Å²) in [7, 11) is -3.38. The van der Waals surface area contributed by atoms with Gasteiger partial charge in [-0.2, -0.15) is 0 Å². The second kappa shape index (κ2) is 7.93. The third-order valence-corrected chi connectivity index (χ3v) is 6.13. The van der Waals surface area contributed by atoms with Crippen LogP contribution in [0.4, 0.5) is 11.8 Å². The van der Waals surface area contributed by atoms with Gasteiger partial charge in [-0.3, -0.25) is 10.1 Å². The molecule has 3 aromatic rings. The lowest BCUT2D eigenvalue weighted by Crippen LogP contribution is -2.21. The monoisotopic (exact) mass is 417 g/mol. The van der Waals surface area contributed by atoms with Crippen LogP contribution in [0.1, 0.15) is 13.8 Å². The van der Waals surface area contributed by atoms with Gasteiger partial charge in [-0.05, 0) is 26.0 Å². The largest absolute Gasteiger partial charge is 0.401 e. The Bertz CT molecular complexity index is 1140. The van der Waals surface area contributed by atoms with Crippen LogP contribution in [0.25, 0.3) is 22.8 Å². The predicted molar refractivity (Wildman–Crippen MR) is 105 cm³/mol. The lowest BCUT2D eigenvalue weighted by Gasteiger charge is -2.09. The Hall–Kier alpha value is -3.38. The number of carbonyl (C=O) groups is 1. The number of nitrogens with zero attached hydrogens (tertiary/aromatic N) is 4. The molecule has 0 radical (unpaired) electrons. The summed E-state index contributed by atoms with van der Waals surface area (Å²) >= 11 is 0. The quantitative estimate of drug-likeness (QED) is 0.520. The van der Waals surface area contributed by atoms with Crippen molar-refractivity contribution in [2.45, 2.75) is 24.0 Å². The molecule has 0 bridgehead atoms. The van der Waals surface area contributed by atoms with Gasteiger partial charge in [0.05, 0.1) is 28.6 Å². The van der Waals surface area contributed by atoms with E-state index in [1.54, 1.807) is 26.0 Å². The number of hydrogen-bond acceptors (Lipinski definition) is 10. The highest BCUT2D eigenvalue weighted by molar-refractivity contribution is 7.92. The minimum absolute atomic E-state index is 0.0387. The lowest BCUT2D eigenvalue weighted by molar-refractivity contribution is -0.115. The summed E-state index contributed by atoms with van der Waals surface area (Å²) in [5, 5.41) is 9.29. The fourth-order valence-electron chi connectivity index (χ4n) is 2.32. The van der Waals surface area contributed by atoms with Crippen molar-refractivity contribution >= 4 is 27.6 Å². The number of sulfone groups is 1. The number of rotatable bonds is 6. The summed E-state index contributed by atoms with van der Waals surface area (Å²) in [6.07, 6.45) is 1.44. The van der Waals surface area contributed by atoms with Crippen molar-refractivity contribution < 1.29 is 17.6 Å². The molecule has 1 aromatic carbocycles. The molecule has 0 fully saturated rings. The van der Waals surface area contributed by atoms with Crippen LogP contribution in [0, 0.1) is 0 Å². The minimum Gasteiger partial charge on any atom is -0.401 e. The molecule has 0 unspecified atom stereocenters. The number of aromatic nitrogens is 4. The van der Waals surface area contributed by atoms with E-state index >= 15 is 0 Å². The lowest BCUT2D eigenvalue weighted by atomic mass is 10.1. The zero-order valence-electron chi connectivity index (χ0n) is 15.7. The van der Waals surface area contributed by atoms with E-state index < -0.39 is 21.0 Å². The van der Waals surface area contributed by atoms with E-state index in [-0.39, 0.29) is 34.9 Å². The van der Waals surface area contributed by atoms with Crippen LogP contribution >= 0.6 is 0 Å². The van der Waals surface area contributed by atoms with Crippen LogP contribution < -0.4 is 16.8 Å². The Balaban J connectivity index is 1.93. The molecule has 0 saturated heterocycles. The van der Waals surface area contributed by atoms with E-state index in [0.29, 0.717) is 11.3 Å². The Morgan fingerprint density at radius 1 is 1.21 bits per heavy atom. The molecule has 2 aromatic heterocycles. The van der Waals surface area contributed by atoms with Crippen molar-refractivity contribution in [2.75, 3.05) is 17.6 Å². The molecular weight excluding hydrogens is 398 g/mol. The number of nitrogen functional groups attached to an aromatic ring is 1. The van der Waals surface area contributed by atoms with Gasteiger partial charge >= 0.3 is 6.01 Å². The van der Waals surface area contributed by atoms with E-state index in [4.69, 9.17) is 15.9 Å². The van der Waals surface area contributed by atoms with Crippen LogP contribution in [0.5, 0.6) is 0 Å². The van der Waals surface area contributed by atoms with Crippen molar-refractivity contribution in [1.29, 1.82) is 0 Å². The van der Waals surface area contributed by atoms with Crippen molar-refractivity contribution in [2.24, 2.45) is 5.73 Å². The number of amides is 1. The maximum absolute atomic E-state index is 12.3. The first-order chi connectivity index (χ1) is 13.7. The van der Waals surface area contributed by atoms with E-state index in [1.807, 2.05) is 0 Å². The fourth-order valence-corrected chi connectivity index (χ4v) is 3.38. The standard InChI is InChI=1S/C17H19N7O4S/c1-9(2)29(26,27)11-5-3-10(4-6-11)12-8-20-15(19)14(21-12)16-23-24-17(28-16)22-13(25)7-18/h3-6,8-9H,7,18H2,1-2H3,(H2,19,20)(H,22,24,25). The summed E-state index contributed by atoms with van der Waals surface area (Å²) in [6.45, 7) is 3.00. The maximum Gasteiger partial charge on any atom is 0.322 e. The predicted octanol–water partition coefficient (Wildman–Crippen LogP) is 0.855. The number of carbonyl (C=O) groups excluding carboxylic acids is 1. The van der Waals surface area contributed by atoms with Gasteiger partial charge in [0.2, 0.25) is 5.91 Å². The minimum atomic E-state index is -3.38. The molecule has 0 spiro atoms. The smallest absolute Gasteiger partial charge is 0.322 e. The molecule has 0 aliphatic heterocycles. The normalized spacial score (nSPS) is 11.6. The third-order valence-electron chi connectivity index (χ3n) is 3.96. The topological polar surface area (TPSA) is 180 Å². The molecule has 11 nitrogen and oxygen atoms in total. The maximum atomic E-state index is 12.3. The van der Waals surface area contributed by atoms with Crippen LogP contribution in [0.15, 0.2) is 39.8 Å². The van der Waals surface area contributed by atoms with E-state index in [0.717, 1.165) is 0 Å². The molecule has 29 heavy (non-hydrogen) atoms. The first kappa shape index (κ1) is 20.4. The Morgan fingerprint density at radius 3 is 2.52 bits per heavy atom. The van der Waals surface area contributed by atoms with Gasteiger partial charge in [0.15, 0.2) is 21.3 Å². The number of hydrogen-bond donors (Lipinski definition) is 3. The van der Waals surface area contributed by atoms with E-state index in [1.165, 1.54) is 18.3 Å². The van der Waals surface area contributed by atoms with Crippen LogP contribution in [0.3, 0.4) is 0 Å². The summed E-state index contributed by atoms with van der Waals surface area (Å²) in [6, 6.07) is 6.12. The Labute approximate surface area is 166 Å². The number of nitrogens with one attached hydrogen (secondary N) is 1. The van der Waals surface area contributed by atoms with Gasteiger partial charge in [-0.1, -0.05) is 17.2 Å². The van der Waals surface area contributed by atoms with Crippen molar-refractivity contribution in [3.8, 4) is 22.8 Å².